The summed E-state index contributed by atoms with van der Waals surface area (Å²) in [5.41, 5.74) is 4.07. The lowest BCUT2D eigenvalue weighted by molar-refractivity contribution is -0.145. The van der Waals surface area contributed by atoms with Crippen LogP contribution in [0.5, 0.6) is 11.5 Å². The summed E-state index contributed by atoms with van der Waals surface area (Å²) in [5.74, 6) is 1.27. The third-order valence-corrected chi connectivity index (χ3v) is 8.27. The van der Waals surface area contributed by atoms with Crippen molar-refractivity contribution in [2.75, 3.05) is 39.9 Å². The Hall–Kier alpha value is -4.88. The first-order valence-electron chi connectivity index (χ1n) is 16.0. The number of ether oxygens (including phenoxy) is 2. The molecule has 0 radical (unpaired) electrons. The summed E-state index contributed by atoms with van der Waals surface area (Å²) in [5, 5.41) is 0. The summed E-state index contributed by atoms with van der Waals surface area (Å²) in [6.45, 7) is 6.46. The van der Waals surface area contributed by atoms with Gasteiger partial charge in [0, 0.05) is 51.8 Å². The van der Waals surface area contributed by atoms with Gasteiger partial charge in [0.25, 0.3) is 0 Å². The molecule has 4 aromatic carbocycles. The fourth-order valence-corrected chi connectivity index (χ4v) is 5.72. The predicted octanol–water partition coefficient (Wildman–Crippen LogP) is 6.09. The van der Waals surface area contributed by atoms with Crippen LogP contribution in [-0.2, 0) is 29.1 Å². The Morgan fingerprint density at radius 2 is 1.37 bits per heavy atom. The third kappa shape index (κ3) is 9.08. The van der Waals surface area contributed by atoms with Crippen molar-refractivity contribution in [3.8, 4) is 11.5 Å². The lowest BCUT2D eigenvalue weighted by Gasteiger charge is -2.39. The van der Waals surface area contributed by atoms with Crippen molar-refractivity contribution in [3.05, 3.63) is 138 Å². The number of carbonyl (C=O) groups is 2. The number of rotatable bonds is 13. The van der Waals surface area contributed by atoms with Crippen LogP contribution < -0.4 is 9.47 Å². The molecule has 0 spiro atoms. The minimum Gasteiger partial charge on any atom is -0.497 e. The molecule has 7 heteroatoms. The number of methoxy groups -OCH3 is 1. The second-order valence-corrected chi connectivity index (χ2v) is 11.4. The molecule has 1 unspecified atom stereocenters. The van der Waals surface area contributed by atoms with Crippen molar-refractivity contribution in [1.82, 2.24) is 14.7 Å². The average Bonchev–Trinajstić information content (AvgIpc) is 3.11. The quantitative estimate of drug-likeness (QED) is 0.170. The van der Waals surface area contributed by atoms with Gasteiger partial charge in [0.1, 0.15) is 17.5 Å². The van der Waals surface area contributed by atoms with Gasteiger partial charge in [-0.15, -0.1) is 0 Å². The van der Waals surface area contributed by atoms with Crippen LogP contribution in [0.25, 0.3) is 6.08 Å². The van der Waals surface area contributed by atoms with E-state index in [9.17, 15) is 9.59 Å². The van der Waals surface area contributed by atoms with Crippen LogP contribution in [0.4, 0.5) is 0 Å². The van der Waals surface area contributed by atoms with E-state index in [1.54, 1.807) is 24.2 Å². The highest BCUT2D eigenvalue weighted by atomic mass is 16.5. The zero-order valence-electron chi connectivity index (χ0n) is 26.8. The molecule has 1 heterocycles. The van der Waals surface area contributed by atoms with E-state index in [1.165, 1.54) is 5.56 Å². The van der Waals surface area contributed by atoms with E-state index in [0.29, 0.717) is 26.1 Å². The minimum atomic E-state index is -0.678. The largest absolute Gasteiger partial charge is 0.497 e. The van der Waals surface area contributed by atoms with Crippen LogP contribution in [0, 0.1) is 0 Å². The fraction of sp³-hybridized carbons (Fsp3) is 0.282. The molecule has 1 aliphatic heterocycles. The Balaban J connectivity index is 1.40. The molecule has 0 aromatic heterocycles. The Morgan fingerprint density at radius 1 is 0.761 bits per heavy atom. The highest BCUT2D eigenvalue weighted by molar-refractivity contribution is 5.95. The maximum Gasteiger partial charge on any atom is 0.247 e. The number of benzene rings is 4. The molecule has 238 valence electrons. The number of nitrogens with zero attached hydrogens (tertiary/aromatic N) is 3. The Bertz CT molecular complexity index is 1550. The van der Waals surface area contributed by atoms with Gasteiger partial charge in [-0.05, 0) is 59.5 Å². The van der Waals surface area contributed by atoms with E-state index >= 15 is 0 Å². The van der Waals surface area contributed by atoms with E-state index in [1.807, 2.05) is 96.8 Å². The van der Waals surface area contributed by atoms with Gasteiger partial charge in [-0.3, -0.25) is 14.5 Å². The lowest BCUT2D eigenvalue weighted by atomic mass is 10.0. The maximum absolute atomic E-state index is 14.4. The number of hydrogen-bond acceptors (Lipinski definition) is 5. The normalized spacial score (nSPS) is 14.2. The lowest BCUT2D eigenvalue weighted by Crippen LogP contribution is -2.56. The van der Waals surface area contributed by atoms with E-state index in [4.69, 9.17) is 9.47 Å². The van der Waals surface area contributed by atoms with Crippen LogP contribution in [0.2, 0.25) is 0 Å². The molecule has 7 nitrogen and oxygen atoms in total. The van der Waals surface area contributed by atoms with Crippen LogP contribution >= 0.6 is 0 Å². The van der Waals surface area contributed by atoms with Crippen molar-refractivity contribution in [1.29, 1.82) is 0 Å². The minimum absolute atomic E-state index is 0.0275. The number of carbonyl (C=O) groups excluding carboxylic acids is 2. The van der Waals surface area contributed by atoms with Gasteiger partial charge in [0.2, 0.25) is 11.8 Å². The van der Waals surface area contributed by atoms with E-state index in [0.717, 1.165) is 47.8 Å². The standard InChI is InChI=1S/C39H43N3O4/c1-3-46-36-21-16-34(17-22-36)30-42(38(43)23-18-31-14-19-35(45-2)20-15-31)37(28-32-10-6-4-7-11-32)39(44)41-26-24-40(25-27-41)29-33-12-8-5-9-13-33/h4-23,37H,3,24-30H2,1-2H3. The van der Waals surface area contributed by atoms with Gasteiger partial charge in [0.05, 0.1) is 13.7 Å². The highest BCUT2D eigenvalue weighted by Gasteiger charge is 2.34. The smallest absolute Gasteiger partial charge is 0.247 e. The molecule has 0 bridgehead atoms. The van der Waals surface area contributed by atoms with E-state index in [-0.39, 0.29) is 18.4 Å². The molecule has 1 aliphatic rings. The van der Waals surface area contributed by atoms with E-state index < -0.39 is 6.04 Å². The molecular weight excluding hydrogens is 574 g/mol. The highest BCUT2D eigenvalue weighted by Crippen LogP contribution is 2.21. The zero-order chi connectivity index (χ0) is 32.1. The zero-order valence-corrected chi connectivity index (χ0v) is 26.8. The Morgan fingerprint density at radius 3 is 1.98 bits per heavy atom. The molecular formula is C39H43N3O4. The van der Waals surface area contributed by atoms with Gasteiger partial charge in [0.15, 0.2) is 0 Å². The second-order valence-electron chi connectivity index (χ2n) is 11.4. The van der Waals surface area contributed by atoms with Gasteiger partial charge in [-0.25, -0.2) is 0 Å². The molecule has 2 amide bonds. The van der Waals surface area contributed by atoms with Crippen LogP contribution in [0.3, 0.4) is 0 Å². The van der Waals surface area contributed by atoms with Gasteiger partial charge >= 0.3 is 0 Å². The second kappa shape index (κ2) is 16.4. The number of piperazine rings is 1. The molecule has 1 saturated heterocycles. The summed E-state index contributed by atoms with van der Waals surface area (Å²) in [7, 11) is 1.63. The summed E-state index contributed by atoms with van der Waals surface area (Å²) in [6.07, 6.45) is 3.78. The van der Waals surface area contributed by atoms with Crippen LogP contribution in [0.1, 0.15) is 29.2 Å². The summed E-state index contributed by atoms with van der Waals surface area (Å²) < 4.78 is 10.9. The molecule has 0 aliphatic carbocycles. The molecule has 0 N–H and O–H groups in total. The molecule has 46 heavy (non-hydrogen) atoms. The van der Waals surface area contributed by atoms with Crippen molar-refractivity contribution >= 4 is 17.9 Å². The summed E-state index contributed by atoms with van der Waals surface area (Å²) in [6, 6.07) is 35.0. The SMILES string of the molecule is CCOc1ccc(CN(C(=O)C=Cc2ccc(OC)cc2)C(Cc2ccccc2)C(=O)N2CCN(Cc3ccccc3)CC2)cc1. The topological polar surface area (TPSA) is 62.3 Å². The molecule has 1 fully saturated rings. The number of hydrogen-bond donors (Lipinski definition) is 0. The van der Waals surface area contributed by atoms with Gasteiger partial charge in [-0.2, -0.15) is 0 Å². The first-order valence-corrected chi connectivity index (χ1v) is 16.0. The van der Waals surface area contributed by atoms with Crippen LogP contribution in [-0.4, -0.2) is 72.5 Å². The first kappa shape index (κ1) is 32.5. The molecule has 1 atom stereocenters. The van der Waals surface area contributed by atoms with Crippen molar-refractivity contribution in [3.63, 3.8) is 0 Å². The van der Waals surface area contributed by atoms with Crippen molar-refractivity contribution in [2.45, 2.75) is 32.5 Å². The van der Waals surface area contributed by atoms with Gasteiger partial charge in [-0.1, -0.05) is 84.9 Å². The first-order chi connectivity index (χ1) is 22.5. The average molecular weight is 618 g/mol. The fourth-order valence-electron chi connectivity index (χ4n) is 5.72. The Labute approximate surface area is 272 Å². The van der Waals surface area contributed by atoms with Crippen molar-refractivity contribution < 1.29 is 19.1 Å². The number of amides is 2. The summed E-state index contributed by atoms with van der Waals surface area (Å²) >= 11 is 0. The molecule has 0 saturated carbocycles. The predicted molar refractivity (Wildman–Crippen MR) is 182 cm³/mol. The Kier molecular flexibility index (Phi) is 11.6. The third-order valence-electron chi connectivity index (χ3n) is 8.27. The monoisotopic (exact) mass is 617 g/mol. The summed E-state index contributed by atoms with van der Waals surface area (Å²) in [4.78, 5) is 34.6. The van der Waals surface area contributed by atoms with Crippen LogP contribution in [0.15, 0.2) is 115 Å². The van der Waals surface area contributed by atoms with Crippen molar-refractivity contribution in [2.24, 2.45) is 0 Å². The van der Waals surface area contributed by atoms with Gasteiger partial charge < -0.3 is 19.3 Å². The van der Waals surface area contributed by atoms with E-state index in [2.05, 4.69) is 29.2 Å². The molecule has 4 aromatic rings. The molecule has 5 rings (SSSR count). The maximum atomic E-state index is 14.4.